The van der Waals surface area contributed by atoms with Crippen LogP contribution in [0.2, 0.25) is 0 Å². The predicted octanol–water partition coefficient (Wildman–Crippen LogP) is 2.41. The second-order valence-electron chi connectivity index (χ2n) is 3.59. The molecule has 0 bridgehead atoms. The molecule has 0 saturated carbocycles. The van der Waals surface area contributed by atoms with Crippen LogP contribution in [0, 0.1) is 6.92 Å². The first-order chi connectivity index (χ1) is 7.63. The van der Waals surface area contributed by atoms with Gasteiger partial charge in [0.2, 0.25) is 0 Å². The molecule has 1 N–H and O–H groups in total. The van der Waals surface area contributed by atoms with Crippen LogP contribution in [0.4, 0.5) is 0 Å². The molecule has 0 heterocycles. The van der Waals surface area contributed by atoms with Gasteiger partial charge in [0.1, 0.15) is 11.5 Å². The van der Waals surface area contributed by atoms with E-state index < -0.39 is 0 Å². The minimum Gasteiger partial charge on any atom is -0.496 e. The van der Waals surface area contributed by atoms with Gasteiger partial charge in [-0.25, -0.2) is 0 Å². The molecule has 0 unspecified atom stereocenters. The average Bonchev–Trinajstić information content (AvgIpc) is 2.28. The van der Waals surface area contributed by atoms with Crippen molar-refractivity contribution in [3.8, 4) is 11.5 Å². The van der Waals surface area contributed by atoms with Gasteiger partial charge in [-0.1, -0.05) is 6.08 Å². The van der Waals surface area contributed by atoms with Gasteiger partial charge in [-0.15, -0.1) is 0 Å². The van der Waals surface area contributed by atoms with Gasteiger partial charge in [0.25, 0.3) is 0 Å². The summed E-state index contributed by atoms with van der Waals surface area (Å²) in [6.07, 6.45) is 1.74. The molecule has 1 aromatic carbocycles. The van der Waals surface area contributed by atoms with Gasteiger partial charge >= 0.3 is 0 Å². The molecule has 0 atom stereocenters. The maximum absolute atomic E-state index is 8.89. The first-order valence-corrected chi connectivity index (χ1v) is 5.14. The van der Waals surface area contributed by atoms with Crippen molar-refractivity contribution in [2.75, 3.05) is 20.8 Å². The third kappa shape index (κ3) is 2.55. The summed E-state index contributed by atoms with van der Waals surface area (Å²) in [7, 11) is 3.28. The number of benzene rings is 1. The number of aliphatic hydroxyl groups is 1. The molecular weight excluding hydrogens is 204 g/mol. The van der Waals surface area contributed by atoms with E-state index in [1.165, 1.54) is 0 Å². The topological polar surface area (TPSA) is 38.7 Å². The molecule has 0 aliphatic rings. The molecule has 0 saturated heterocycles. The smallest absolute Gasteiger partial charge is 0.126 e. The summed E-state index contributed by atoms with van der Waals surface area (Å²) >= 11 is 0. The SMILES string of the molecule is COc1cc(/C(C)=C/CO)c(OC)cc1C. The summed E-state index contributed by atoms with van der Waals surface area (Å²) in [6, 6.07) is 3.86. The van der Waals surface area contributed by atoms with Crippen molar-refractivity contribution in [1.29, 1.82) is 0 Å². The molecule has 88 valence electrons. The van der Waals surface area contributed by atoms with E-state index in [1.54, 1.807) is 20.3 Å². The van der Waals surface area contributed by atoms with Gasteiger partial charge in [-0.05, 0) is 37.1 Å². The van der Waals surface area contributed by atoms with Crippen molar-refractivity contribution in [3.63, 3.8) is 0 Å². The highest BCUT2D eigenvalue weighted by atomic mass is 16.5. The predicted molar refractivity (Wildman–Crippen MR) is 65.0 cm³/mol. The minimum atomic E-state index is 0.0190. The van der Waals surface area contributed by atoms with Crippen LogP contribution in [0.1, 0.15) is 18.1 Å². The van der Waals surface area contributed by atoms with E-state index in [-0.39, 0.29) is 6.61 Å². The van der Waals surface area contributed by atoms with Gasteiger partial charge in [0.05, 0.1) is 20.8 Å². The summed E-state index contributed by atoms with van der Waals surface area (Å²) in [5.41, 5.74) is 2.94. The van der Waals surface area contributed by atoms with Crippen LogP contribution in [0.15, 0.2) is 18.2 Å². The fourth-order valence-electron chi connectivity index (χ4n) is 1.61. The average molecular weight is 222 g/mol. The highest BCUT2D eigenvalue weighted by Crippen LogP contribution is 2.32. The van der Waals surface area contributed by atoms with Crippen molar-refractivity contribution >= 4 is 5.57 Å². The fourth-order valence-corrected chi connectivity index (χ4v) is 1.61. The molecule has 0 spiro atoms. The van der Waals surface area contributed by atoms with Crippen LogP contribution in [0.25, 0.3) is 5.57 Å². The lowest BCUT2D eigenvalue weighted by molar-refractivity contribution is 0.343. The zero-order valence-electron chi connectivity index (χ0n) is 10.2. The quantitative estimate of drug-likeness (QED) is 0.850. The Hall–Kier alpha value is -1.48. The number of ether oxygens (including phenoxy) is 2. The number of hydrogen-bond donors (Lipinski definition) is 1. The lowest BCUT2D eigenvalue weighted by Gasteiger charge is -2.13. The molecule has 0 aromatic heterocycles. The first-order valence-electron chi connectivity index (χ1n) is 5.14. The van der Waals surface area contributed by atoms with Gasteiger partial charge in [-0.2, -0.15) is 0 Å². The molecule has 16 heavy (non-hydrogen) atoms. The van der Waals surface area contributed by atoms with Crippen molar-refractivity contribution < 1.29 is 14.6 Å². The number of allylic oxidation sites excluding steroid dienone is 1. The fraction of sp³-hybridized carbons (Fsp3) is 0.385. The largest absolute Gasteiger partial charge is 0.496 e. The van der Waals surface area contributed by atoms with Crippen molar-refractivity contribution in [2.45, 2.75) is 13.8 Å². The van der Waals surface area contributed by atoms with Crippen LogP contribution in [-0.2, 0) is 0 Å². The number of methoxy groups -OCH3 is 2. The first kappa shape index (κ1) is 12.6. The Labute approximate surface area is 96.3 Å². The van der Waals surface area contributed by atoms with E-state index >= 15 is 0 Å². The Balaban J connectivity index is 3.30. The Morgan fingerprint density at radius 2 is 1.88 bits per heavy atom. The van der Waals surface area contributed by atoms with Crippen molar-refractivity contribution in [2.24, 2.45) is 0 Å². The number of rotatable bonds is 4. The molecule has 0 fully saturated rings. The van der Waals surface area contributed by atoms with Gasteiger partial charge in [0, 0.05) is 5.56 Å². The maximum Gasteiger partial charge on any atom is 0.126 e. The van der Waals surface area contributed by atoms with E-state index in [4.69, 9.17) is 14.6 Å². The summed E-state index contributed by atoms with van der Waals surface area (Å²) in [4.78, 5) is 0. The second-order valence-corrected chi connectivity index (χ2v) is 3.59. The maximum atomic E-state index is 8.89. The molecule has 3 nitrogen and oxygen atoms in total. The van der Waals surface area contributed by atoms with Crippen LogP contribution in [0.5, 0.6) is 11.5 Å². The highest BCUT2D eigenvalue weighted by molar-refractivity contribution is 5.71. The zero-order valence-corrected chi connectivity index (χ0v) is 10.2. The van der Waals surface area contributed by atoms with E-state index in [9.17, 15) is 0 Å². The van der Waals surface area contributed by atoms with E-state index in [2.05, 4.69) is 0 Å². The summed E-state index contributed by atoms with van der Waals surface area (Å²) in [6.45, 7) is 3.92. The van der Waals surface area contributed by atoms with E-state index in [0.29, 0.717) is 0 Å². The van der Waals surface area contributed by atoms with Gasteiger partial charge in [-0.3, -0.25) is 0 Å². The lowest BCUT2D eigenvalue weighted by atomic mass is 10.0. The number of aryl methyl sites for hydroxylation is 1. The Bertz CT molecular complexity index is 394. The molecule has 1 rings (SSSR count). The van der Waals surface area contributed by atoms with Gasteiger partial charge < -0.3 is 14.6 Å². The lowest BCUT2D eigenvalue weighted by Crippen LogP contribution is -1.95. The molecule has 3 heteroatoms. The van der Waals surface area contributed by atoms with E-state index in [1.807, 2.05) is 26.0 Å². The molecule has 1 aromatic rings. The number of aliphatic hydroxyl groups excluding tert-OH is 1. The third-order valence-electron chi connectivity index (χ3n) is 2.54. The molecule has 0 aliphatic carbocycles. The normalized spacial score (nSPS) is 11.4. The monoisotopic (exact) mass is 222 g/mol. The Morgan fingerprint density at radius 1 is 1.25 bits per heavy atom. The molecular formula is C13H18O3. The molecule has 0 radical (unpaired) electrons. The number of hydrogen-bond acceptors (Lipinski definition) is 3. The van der Waals surface area contributed by atoms with Crippen molar-refractivity contribution in [3.05, 3.63) is 29.3 Å². The van der Waals surface area contributed by atoms with Crippen LogP contribution in [-0.4, -0.2) is 25.9 Å². The Morgan fingerprint density at radius 3 is 2.38 bits per heavy atom. The van der Waals surface area contributed by atoms with Crippen LogP contribution >= 0.6 is 0 Å². The Kier molecular flexibility index (Phi) is 4.38. The highest BCUT2D eigenvalue weighted by Gasteiger charge is 2.09. The van der Waals surface area contributed by atoms with Crippen molar-refractivity contribution in [1.82, 2.24) is 0 Å². The second kappa shape index (κ2) is 5.56. The molecule has 0 amide bonds. The molecule has 0 aliphatic heterocycles. The minimum absolute atomic E-state index is 0.0190. The van der Waals surface area contributed by atoms with E-state index in [0.717, 1.165) is 28.2 Å². The van der Waals surface area contributed by atoms with Crippen LogP contribution < -0.4 is 9.47 Å². The van der Waals surface area contributed by atoms with Gasteiger partial charge in [0.15, 0.2) is 0 Å². The summed E-state index contributed by atoms with van der Waals surface area (Å²) in [5.74, 6) is 1.61. The standard InChI is InChI=1S/C13H18O3/c1-9(5-6-14)11-8-12(15-3)10(2)7-13(11)16-4/h5,7-8,14H,6H2,1-4H3/b9-5+. The summed E-state index contributed by atoms with van der Waals surface area (Å²) in [5, 5.41) is 8.89. The zero-order chi connectivity index (χ0) is 12.1. The van der Waals surface area contributed by atoms with Crippen LogP contribution in [0.3, 0.4) is 0 Å². The third-order valence-corrected chi connectivity index (χ3v) is 2.54. The summed E-state index contributed by atoms with van der Waals surface area (Å²) < 4.78 is 10.6.